The Morgan fingerprint density at radius 2 is 1.50 bits per heavy atom. The van der Waals surface area contributed by atoms with Crippen LogP contribution in [-0.4, -0.2) is 20.5 Å². The molecule has 3 aromatic carbocycles. The minimum absolute atomic E-state index is 0.103. The fourth-order valence-corrected chi connectivity index (χ4v) is 3.50. The highest BCUT2D eigenvalue weighted by Gasteiger charge is 2.11. The summed E-state index contributed by atoms with van der Waals surface area (Å²) in [4.78, 5) is 17.1. The summed E-state index contributed by atoms with van der Waals surface area (Å²) in [5, 5.41) is 10.8. The predicted molar refractivity (Wildman–Crippen MR) is 126 cm³/mol. The zero-order valence-electron chi connectivity index (χ0n) is 17.3. The molecule has 5 rings (SSSR count). The molecule has 0 fully saturated rings. The molecule has 2 N–H and O–H groups in total. The molecule has 2 heterocycles. The number of para-hydroxylation sites is 1. The van der Waals surface area contributed by atoms with Crippen LogP contribution in [0.1, 0.15) is 15.9 Å². The number of hydrogen-bond acceptors (Lipinski definition) is 4. The molecule has 32 heavy (non-hydrogen) atoms. The number of amides is 1. The van der Waals surface area contributed by atoms with Crippen LogP contribution in [0.25, 0.3) is 16.9 Å². The molecule has 0 spiro atoms. The van der Waals surface area contributed by atoms with Gasteiger partial charge >= 0.3 is 0 Å². The average Bonchev–Trinajstić information content (AvgIpc) is 3.26. The summed E-state index contributed by atoms with van der Waals surface area (Å²) in [6, 6.07) is 33.0. The molecule has 2 aromatic heterocycles. The lowest BCUT2D eigenvalue weighted by Crippen LogP contribution is -2.22. The zero-order chi connectivity index (χ0) is 21.8. The minimum atomic E-state index is -0.103. The Morgan fingerprint density at radius 3 is 2.25 bits per heavy atom. The van der Waals surface area contributed by atoms with Gasteiger partial charge in [-0.15, -0.1) is 5.10 Å². The fourth-order valence-electron chi connectivity index (χ4n) is 3.50. The summed E-state index contributed by atoms with van der Waals surface area (Å²) in [5.41, 5.74) is 5.19. The zero-order valence-corrected chi connectivity index (χ0v) is 17.3. The Labute approximate surface area is 185 Å². The van der Waals surface area contributed by atoms with Gasteiger partial charge in [0.2, 0.25) is 5.95 Å². The highest BCUT2D eigenvalue weighted by molar-refractivity contribution is 5.94. The van der Waals surface area contributed by atoms with Crippen LogP contribution in [0, 0.1) is 0 Å². The molecule has 0 saturated carbocycles. The number of rotatable bonds is 6. The summed E-state index contributed by atoms with van der Waals surface area (Å²) in [7, 11) is 0. The standard InChI is InChI=1S/C26H21N5O/c32-25(27-18-19-8-3-1-4-9-19)21-16-14-20(15-17-21)23-12-7-13-24-29-26(30-31(23)24)28-22-10-5-2-6-11-22/h1-17H,18H2,(H,27,32)(H,28,30). The lowest BCUT2D eigenvalue weighted by Gasteiger charge is -2.07. The number of fused-ring (bicyclic) bond motifs is 1. The molecule has 0 aliphatic carbocycles. The second-order valence-corrected chi connectivity index (χ2v) is 7.35. The van der Waals surface area contributed by atoms with Gasteiger partial charge in [0.1, 0.15) is 0 Å². The molecular weight excluding hydrogens is 398 g/mol. The number of hydrogen-bond donors (Lipinski definition) is 2. The highest BCUT2D eigenvalue weighted by Crippen LogP contribution is 2.22. The Hall–Kier alpha value is -4.45. The van der Waals surface area contributed by atoms with Crippen LogP contribution in [0.5, 0.6) is 0 Å². The topological polar surface area (TPSA) is 71.3 Å². The summed E-state index contributed by atoms with van der Waals surface area (Å²) in [6.07, 6.45) is 0. The molecule has 0 unspecified atom stereocenters. The van der Waals surface area contributed by atoms with Crippen molar-refractivity contribution >= 4 is 23.2 Å². The first-order valence-corrected chi connectivity index (χ1v) is 10.4. The SMILES string of the molecule is O=C(NCc1ccccc1)c1ccc(-c2cccc3nc(Nc4ccccc4)nn23)cc1. The van der Waals surface area contributed by atoms with E-state index in [1.54, 1.807) is 4.52 Å². The molecule has 156 valence electrons. The van der Waals surface area contributed by atoms with E-state index >= 15 is 0 Å². The Morgan fingerprint density at radius 1 is 0.781 bits per heavy atom. The third-order valence-corrected chi connectivity index (χ3v) is 5.13. The Bertz CT molecular complexity index is 1350. The second-order valence-electron chi connectivity index (χ2n) is 7.35. The number of pyridine rings is 1. The van der Waals surface area contributed by atoms with E-state index in [2.05, 4.69) is 20.7 Å². The summed E-state index contributed by atoms with van der Waals surface area (Å²) in [6.45, 7) is 0.497. The smallest absolute Gasteiger partial charge is 0.251 e. The molecule has 6 nitrogen and oxygen atoms in total. The van der Waals surface area contributed by atoms with E-state index < -0.39 is 0 Å². The third-order valence-electron chi connectivity index (χ3n) is 5.13. The molecule has 6 heteroatoms. The first-order valence-electron chi connectivity index (χ1n) is 10.4. The number of aromatic nitrogens is 3. The number of anilines is 2. The van der Waals surface area contributed by atoms with Crippen LogP contribution in [0.15, 0.2) is 103 Å². The van der Waals surface area contributed by atoms with Crippen molar-refractivity contribution in [2.24, 2.45) is 0 Å². The largest absolute Gasteiger partial charge is 0.348 e. The van der Waals surface area contributed by atoms with Crippen molar-refractivity contribution < 1.29 is 4.79 Å². The molecule has 0 aliphatic rings. The van der Waals surface area contributed by atoms with Gasteiger partial charge in [0, 0.05) is 23.4 Å². The van der Waals surface area contributed by atoms with Gasteiger partial charge in [0.25, 0.3) is 5.91 Å². The van der Waals surface area contributed by atoms with Crippen LogP contribution in [0.4, 0.5) is 11.6 Å². The lowest BCUT2D eigenvalue weighted by molar-refractivity contribution is 0.0951. The van der Waals surface area contributed by atoms with E-state index in [-0.39, 0.29) is 5.91 Å². The Kier molecular flexibility index (Phi) is 5.32. The average molecular weight is 419 g/mol. The molecule has 0 atom stereocenters. The van der Waals surface area contributed by atoms with E-state index in [0.717, 1.165) is 28.2 Å². The number of carbonyl (C=O) groups excluding carboxylic acids is 1. The lowest BCUT2D eigenvalue weighted by atomic mass is 10.1. The Balaban J connectivity index is 1.35. The summed E-state index contributed by atoms with van der Waals surface area (Å²) >= 11 is 0. The van der Waals surface area contributed by atoms with Gasteiger partial charge in [-0.25, -0.2) is 4.52 Å². The van der Waals surface area contributed by atoms with Crippen molar-refractivity contribution in [1.82, 2.24) is 19.9 Å². The maximum atomic E-state index is 12.5. The van der Waals surface area contributed by atoms with Gasteiger partial charge in [-0.1, -0.05) is 66.7 Å². The van der Waals surface area contributed by atoms with E-state index in [0.29, 0.717) is 18.1 Å². The fraction of sp³-hybridized carbons (Fsp3) is 0.0385. The van der Waals surface area contributed by atoms with Crippen LogP contribution in [-0.2, 0) is 6.54 Å². The first kappa shape index (κ1) is 19.5. The number of carbonyl (C=O) groups is 1. The van der Waals surface area contributed by atoms with Crippen LogP contribution >= 0.6 is 0 Å². The van der Waals surface area contributed by atoms with E-state index in [9.17, 15) is 4.79 Å². The van der Waals surface area contributed by atoms with Gasteiger partial charge in [-0.05, 0) is 42.0 Å². The molecular formula is C26H21N5O. The normalized spacial score (nSPS) is 10.8. The van der Waals surface area contributed by atoms with Gasteiger partial charge < -0.3 is 10.6 Å². The summed E-state index contributed by atoms with van der Waals surface area (Å²) in [5.74, 6) is 0.425. The van der Waals surface area contributed by atoms with Crippen LogP contribution in [0.2, 0.25) is 0 Å². The van der Waals surface area contributed by atoms with Crippen LogP contribution in [0.3, 0.4) is 0 Å². The van der Waals surface area contributed by atoms with Crippen molar-refractivity contribution in [3.05, 3.63) is 114 Å². The number of nitrogens with one attached hydrogen (secondary N) is 2. The monoisotopic (exact) mass is 419 g/mol. The van der Waals surface area contributed by atoms with Gasteiger partial charge in [0.05, 0.1) is 5.69 Å². The summed E-state index contributed by atoms with van der Waals surface area (Å²) < 4.78 is 1.80. The molecule has 0 saturated heterocycles. The van der Waals surface area contributed by atoms with Crippen LogP contribution < -0.4 is 10.6 Å². The third kappa shape index (κ3) is 4.20. The van der Waals surface area contributed by atoms with Gasteiger partial charge in [0.15, 0.2) is 5.65 Å². The number of benzene rings is 3. The van der Waals surface area contributed by atoms with Crippen molar-refractivity contribution in [3.8, 4) is 11.3 Å². The second kappa shape index (κ2) is 8.73. The number of nitrogens with zero attached hydrogens (tertiary/aromatic N) is 3. The first-order chi connectivity index (χ1) is 15.8. The van der Waals surface area contributed by atoms with Gasteiger partial charge in [-0.2, -0.15) is 4.98 Å². The minimum Gasteiger partial charge on any atom is -0.348 e. The molecule has 0 bridgehead atoms. The predicted octanol–water partition coefficient (Wildman–Crippen LogP) is 5.07. The van der Waals surface area contributed by atoms with Gasteiger partial charge in [-0.3, -0.25) is 4.79 Å². The molecule has 0 aliphatic heterocycles. The highest BCUT2D eigenvalue weighted by atomic mass is 16.1. The maximum absolute atomic E-state index is 12.5. The molecule has 0 radical (unpaired) electrons. The van der Waals surface area contributed by atoms with E-state index in [1.165, 1.54) is 0 Å². The molecule has 1 amide bonds. The van der Waals surface area contributed by atoms with Crippen molar-refractivity contribution in [1.29, 1.82) is 0 Å². The maximum Gasteiger partial charge on any atom is 0.251 e. The van der Waals surface area contributed by atoms with E-state index in [4.69, 9.17) is 0 Å². The van der Waals surface area contributed by atoms with Crippen molar-refractivity contribution in [2.75, 3.05) is 5.32 Å². The quantitative estimate of drug-likeness (QED) is 0.403. The molecule has 5 aromatic rings. The van der Waals surface area contributed by atoms with Crippen molar-refractivity contribution in [2.45, 2.75) is 6.54 Å². The van der Waals surface area contributed by atoms with Crippen molar-refractivity contribution in [3.63, 3.8) is 0 Å². The van der Waals surface area contributed by atoms with E-state index in [1.807, 2.05) is 103 Å².